The van der Waals surface area contributed by atoms with E-state index in [-0.39, 0.29) is 0 Å². The van der Waals surface area contributed by atoms with Crippen LogP contribution in [-0.4, -0.2) is 23.6 Å². The van der Waals surface area contributed by atoms with Gasteiger partial charge >= 0.3 is 6.09 Å². The van der Waals surface area contributed by atoms with E-state index in [1.807, 2.05) is 11.6 Å². The molecule has 94 valence electrons. The van der Waals surface area contributed by atoms with Crippen LogP contribution in [0.3, 0.4) is 0 Å². The first-order valence-electron chi connectivity index (χ1n) is 5.63. The highest BCUT2D eigenvalue weighted by Gasteiger charge is 2.08. The first-order valence-corrected chi connectivity index (χ1v) is 5.63. The van der Waals surface area contributed by atoms with Crippen molar-refractivity contribution in [1.29, 1.82) is 0 Å². The van der Waals surface area contributed by atoms with Gasteiger partial charge in [0.25, 0.3) is 0 Å². The van der Waals surface area contributed by atoms with Gasteiger partial charge in [-0.3, -0.25) is 10.1 Å². The number of hydrogen-bond acceptors (Lipinski definition) is 3. The van der Waals surface area contributed by atoms with Crippen molar-refractivity contribution >= 4 is 29.0 Å². The number of amides is 1. The summed E-state index contributed by atoms with van der Waals surface area (Å²) >= 11 is 0. The van der Waals surface area contributed by atoms with Gasteiger partial charge < -0.3 is 9.30 Å². The summed E-state index contributed by atoms with van der Waals surface area (Å²) < 4.78 is 6.64. The zero-order chi connectivity index (χ0) is 13.1. The van der Waals surface area contributed by atoms with Gasteiger partial charge in [0.15, 0.2) is 6.29 Å². The molecule has 1 N–H and O–H groups in total. The zero-order valence-corrected chi connectivity index (χ0v) is 10.3. The number of rotatable bonds is 3. The highest BCUT2D eigenvalue weighted by atomic mass is 16.5. The van der Waals surface area contributed by atoms with E-state index in [2.05, 4.69) is 5.32 Å². The minimum Gasteiger partial charge on any atom is -0.450 e. The third-order valence-corrected chi connectivity index (χ3v) is 2.67. The Morgan fingerprint density at radius 3 is 2.94 bits per heavy atom. The Morgan fingerprint density at radius 2 is 2.28 bits per heavy atom. The molecular formula is C13H14N2O3. The van der Waals surface area contributed by atoms with Crippen molar-refractivity contribution in [3.05, 3.63) is 30.0 Å². The van der Waals surface area contributed by atoms with Gasteiger partial charge in [0, 0.05) is 29.9 Å². The molecule has 5 heteroatoms. The fourth-order valence-electron chi connectivity index (χ4n) is 1.87. The summed E-state index contributed by atoms with van der Waals surface area (Å²) in [6, 6.07) is 5.35. The van der Waals surface area contributed by atoms with Crippen LogP contribution < -0.4 is 5.32 Å². The number of benzene rings is 1. The van der Waals surface area contributed by atoms with Crippen molar-refractivity contribution in [1.82, 2.24) is 4.57 Å². The van der Waals surface area contributed by atoms with Gasteiger partial charge in [-0.2, -0.15) is 0 Å². The second kappa shape index (κ2) is 4.91. The van der Waals surface area contributed by atoms with E-state index in [0.29, 0.717) is 17.9 Å². The maximum absolute atomic E-state index is 11.3. The number of aryl methyl sites for hydroxylation is 1. The number of fused-ring (bicyclic) bond motifs is 1. The van der Waals surface area contributed by atoms with Crippen molar-refractivity contribution in [2.45, 2.75) is 6.92 Å². The Morgan fingerprint density at radius 1 is 1.50 bits per heavy atom. The highest BCUT2D eigenvalue weighted by Crippen LogP contribution is 2.23. The average molecular weight is 246 g/mol. The fraction of sp³-hybridized carbons (Fsp3) is 0.231. The lowest BCUT2D eigenvalue weighted by Crippen LogP contribution is -2.13. The van der Waals surface area contributed by atoms with Crippen LogP contribution in [0.25, 0.3) is 10.9 Å². The second-order valence-corrected chi connectivity index (χ2v) is 3.89. The van der Waals surface area contributed by atoms with E-state index < -0.39 is 6.09 Å². The number of carbonyl (C=O) groups excluding carboxylic acids is 2. The number of nitrogens with zero attached hydrogens (tertiary/aromatic N) is 1. The van der Waals surface area contributed by atoms with E-state index in [1.54, 1.807) is 31.3 Å². The Balaban J connectivity index is 2.35. The van der Waals surface area contributed by atoms with E-state index in [0.717, 1.165) is 17.2 Å². The summed E-state index contributed by atoms with van der Waals surface area (Å²) in [5, 5.41) is 3.49. The van der Waals surface area contributed by atoms with E-state index in [9.17, 15) is 9.59 Å². The van der Waals surface area contributed by atoms with Gasteiger partial charge in [0.2, 0.25) is 0 Å². The number of anilines is 1. The Bertz CT molecular complexity index is 602. The van der Waals surface area contributed by atoms with Gasteiger partial charge in [-0.1, -0.05) is 6.07 Å². The van der Waals surface area contributed by atoms with Crippen molar-refractivity contribution in [3.63, 3.8) is 0 Å². The number of aldehydes is 1. The lowest BCUT2D eigenvalue weighted by atomic mass is 10.2. The quantitative estimate of drug-likeness (QED) is 0.847. The molecule has 18 heavy (non-hydrogen) atoms. The van der Waals surface area contributed by atoms with Gasteiger partial charge in [-0.25, -0.2) is 4.79 Å². The van der Waals surface area contributed by atoms with Crippen LogP contribution in [0, 0.1) is 0 Å². The van der Waals surface area contributed by atoms with Crippen LogP contribution in [0.15, 0.2) is 24.4 Å². The van der Waals surface area contributed by atoms with Gasteiger partial charge in [0.05, 0.1) is 12.1 Å². The maximum Gasteiger partial charge on any atom is 0.411 e. The van der Waals surface area contributed by atoms with Crippen LogP contribution in [-0.2, 0) is 11.8 Å². The second-order valence-electron chi connectivity index (χ2n) is 3.89. The number of ether oxygens (including phenoxy) is 1. The lowest BCUT2D eigenvalue weighted by Gasteiger charge is -2.05. The maximum atomic E-state index is 11.3. The molecule has 0 unspecified atom stereocenters. The predicted molar refractivity (Wildman–Crippen MR) is 69.0 cm³/mol. The molecule has 2 rings (SSSR count). The summed E-state index contributed by atoms with van der Waals surface area (Å²) in [6.07, 6.45) is 2.09. The van der Waals surface area contributed by atoms with E-state index >= 15 is 0 Å². The SMILES string of the molecule is CCOC(=O)Nc1ccc2c(C=O)cn(C)c2c1. The van der Waals surface area contributed by atoms with Gasteiger partial charge in [-0.05, 0) is 19.1 Å². The number of nitrogens with one attached hydrogen (secondary N) is 1. The largest absolute Gasteiger partial charge is 0.450 e. The lowest BCUT2D eigenvalue weighted by molar-refractivity contribution is 0.112. The fourth-order valence-corrected chi connectivity index (χ4v) is 1.87. The summed E-state index contributed by atoms with van der Waals surface area (Å²) in [4.78, 5) is 22.2. The standard InChI is InChI=1S/C13H14N2O3/c1-3-18-13(17)14-10-4-5-11-9(8-16)7-15(2)12(11)6-10/h4-8H,3H2,1-2H3,(H,14,17). The van der Waals surface area contributed by atoms with Crippen molar-refractivity contribution in [2.75, 3.05) is 11.9 Å². The van der Waals surface area contributed by atoms with E-state index in [1.165, 1.54) is 0 Å². The van der Waals surface area contributed by atoms with Crippen LogP contribution in [0.4, 0.5) is 10.5 Å². The van der Waals surface area contributed by atoms with Crippen molar-refractivity contribution < 1.29 is 14.3 Å². The average Bonchev–Trinajstić information content (AvgIpc) is 2.66. The topological polar surface area (TPSA) is 60.3 Å². The third kappa shape index (κ3) is 2.20. The Labute approximate surface area is 104 Å². The van der Waals surface area contributed by atoms with E-state index in [4.69, 9.17) is 4.74 Å². The number of carbonyl (C=O) groups is 2. The monoisotopic (exact) mass is 246 g/mol. The minimum absolute atomic E-state index is 0.327. The first-order chi connectivity index (χ1) is 8.65. The summed E-state index contributed by atoms with van der Waals surface area (Å²) in [5.74, 6) is 0. The Hall–Kier alpha value is -2.30. The summed E-state index contributed by atoms with van der Waals surface area (Å²) in [5.41, 5.74) is 2.15. The third-order valence-electron chi connectivity index (χ3n) is 2.67. The van der Waals surface area contributed by atoms with Crippen LogP contribution in [0.5, 0.6) is 0 Å². The molecule has 1 amide bonds. The summed E-state index contributed by atoms with van der Waals surface area (Å²) in [6.45, 7) is 2.07. The molecule has 2 aromatic rings. The van der Waals surface area contributed by atoms with Crippen molar-refractivity contribution in [3.8, 4) is 0 Å². The molecule has 0 saturated carbocycles. The van der Waals surface area contributed by atoms with Crippen LogP contribution in [0.1, 0.15) is 17.3 Å². The molecule has 5 nitrogen and oxygen atoms in total. The number of aromatic nitrogens is 1. The molecule has 0 saturated heterocycles. The minimum atomic E-state index is -0.485. The Kier molecular flexibility index (Phi) is 3.32. The normalized spacial score (nSPS) is 10.3. The molecule has 0 aliphatic rings. The highest BCUT2D eigenvalue weighted by molar-refractivity contribution is 5.99. The molecule has 0 bridgehead atoms. The molecule has 0 radical (unpaired) electrons. The molecule has 1 aromatic carbocycles. The van der Waals surface area contributed by atoms with Crippen LogP contribution >= 0.6 is 0 Å². The smallest absolute Gasteiger partial charge is 0.411 e. The number of hydrogen-bond donors (Lipinski definition) is 1. The molecule has 0 fully saturated rings. The molecule has 0 aliphatic carbocycles. The van der Waals surface area contributed by atoms with Gasteiger partial charge in [0.1, 0.15) is 0 Å². The molecule has 1 heterocycles. The molecule has 0 atom stereocenters. The van der Waals surface area contributed by atoms with Crippen molar-refractivity contribution in [2.24, 2.45) is 7.05 Å². The molecule has 0 spiro atoms. The summed E-state index contributed by atoms with van der Waals surface area (Å²) in [7, 11) is 1.85. The molecular weight excluding hydrogens is 232 g/mol. The predicted octanol–water partition coefficient (Wildman–Crippen LogP) is 2.56. The van der Waals surface area contributed by atoms with Crippen LogP contribution in [0.2, 0.25) is 0 Å². The zero-order valence-electron chi connectivity index (χ0n) is 10.3. The molecule has 1 aromatic heterocycles. The molecule has 0 aliphatic heterocycles. The first kappa shape index (κ1) is 12.2. The van der Waals surface area contributed by atoms with Gasteiger partial charge in [-0.15, -0.1) is 0 Å².